The van der Waals surface area contributed by atoms with Gasteiger partial charge in [0.1, 0.15) is 6.54 Å². The summed E-state index contributed by atoms with van der Waals surface area (Å²) in [4.78, 5) is 11.8. The first-order chi connectivity index (χ1) is 8.99. The molecule has 0 aromatic carbocycles. The number of nitrogens with one attached hydrogen (secondary N) is 2. The van der Waals surface area contributed by atoms with E-state index in [4.69, 9.17) is 11.6 Å². The molecule has 0 atom stereocenters. The minimum Gasteiger partial charge on any atom is -0.350 e. The average molecular weight is 282 g/mol. The Morgan fingerprint density at radius 1 is 1.47 bits per heavy atom. The van der Waals surface area contributed by atoms with E-state index in [9.17, 15) is 4.79 Å². The van der Waals surface area contributed by atoms with Crippen molar-refractivity contribution in [3.05, 3.63) is 33.9 Å². The Hall–Kier alpha value is -1.82. The Kier molecular flexibility index (Phi) is 3.90. The number of aromatic nitrogens is 4. The van der Waals surface area contributed by atoms with Gasteiger partial charge in [-0.15, -0.1) is 0 Å². The van der Waals surface area contributed by atoms with Crippen LogP contribution in [0.25, 0.3) is 0 Å². The van der Waals surface area contributed by atoms with Crippen LogP contribution in [0.3, 0.4) is 0 Å². The number of H-pyrrole nitrogens is 1. The number of carbonyl (C=O) groups excluding carboxylic acids is 1. The maximum Gasteiger partial charge on any atom is 0.242 e. The second-order valence-corrected chi connectivity index (χ2v) is 4.82. The predicted octanol–water partition coefficient (Wildman–Crippen LogP) is 1.50. The Morgan fingerprint density at radius 3 is 2.74 bits per heavy atom. The van der Waals surface area contributed by atoms with Crippen molar-refractivity contribution in [2.45, 2.75) is 33.9 Å². The molecule has 0 unspecified atom stereocenters. The van der Waals surface area contributed by atoms with Gasteiger partial charge in [-0.3, -0.25) is 14.6 Å². The zero-order valence-electron chi connectivity index (χ0n) is 11.1. The fourth-order valence-electron chi connectivity index (χ4n) is 1.77. The zero-order valence-corrected chi connectivity index (χ0v) is 11.9. The number of carbonyl (C=O) groups is 1. The molecule has 7 heteroatoms. The first-order valence-corrected chi connectivity index (χ1v) is 6.32. The highest BCUT2D eigenvalue weighted by molar-refractivity contribution is 6.31. The second-order valence-electron chi connectivity index (χ2n) is 4.44. The number of amides is 1. The maximum atomic E-state index is 11.8. The van der Waals surface area contributed by atoms with Crippen molar-refractivity contribution in [3.8, 4) is 0 Å². The summed E-state index contributed by atoms with van der Waals surface area (Å²) in [6.07, 6.45) is 1.70. The van der Waals surface area contributed by atoms with Gasteiger partial charge < -0.3 is 5.32 Å². The third kappa shape index (κ3) is 2.96. The van der Waals surface area contributed by atoms with Crippen LogP contribution < -0.4 is 5.32 Å². The minimum atomic E-state index is -0.108. The fraction of sp³-hybridized carbons (Fsp3) is 0.417. The van der Waals surface area contributed by atoms with Crippen LogP contribution in [0.15, 0.2) is 6.20 Å². The lowest BCUT2D eigenvalue weighted by Gasteiger charge is -2.06. The van der Waals surface area contributed by atoms with Gasteiger partial charge in [-0.2, -0.15) is 10.2 Å². The Morgan fingerprint density at radius 2 is 2.21 bits per heavy atom. The van der Waals surface area contributed by atoms with Crippen molar-refractivity contribution in [1.29, 1.82) is 0 Å². The third-order valence-electron chi connectivity index (χ3n) is 3.00. The van der Waals surface area contributed by atoms with Crippen LogP contribution in [0, 0.1) is 20.8 Å². The SMILES string of the molecule is Cc1nn(CC(=O)NCc2cn[nH]c2C)c(C)c1Cl. The van der Waals surface area contributed by atoms with Gasteiger partial charge in [-0.1, -0.05) is 11.6 Å². The van der Waals surface area contributed by atoms with Gasteiger partial charge >= 0.3 is 0 Å². The summed E-state index contributed by atoms with van der Waals surface area (Å²) in [7, 11) is 0. The molecule has 19 heavy (non-hydrogen) atoms. The standard InChI is InChI=1S/C12H16ClN5O/c1-7-10(5-15-16-7)4-14-11(19)6-18-9(3)12(13)8(2)17-18/h5H,4,6H2,1-3H3,(H,14,19)(H,15,16). The number of halogens is 1. The van der Waals surface area contributed by atoms with Crippen molar-refractivity contribution in [2.75, 3.05) is 0 Å². The highest BCUT2D eigenvalue weighted by Crippen LogP contribution is 2.18. The average Bonchev–Trinajstić information content (AvgIpc) is 2.87. The van der Waals surface area contributed by atoms with Crippen LogP contribution in [0.5, 0.6) is 0 Å². The number of rotatable bonds is 4. The monoisotopic (exact) mass is 281 g/mol. The lowest BCUT2D eigenvalue weighted by molar-refractivity contribution is -0.122. The van der Waals surface area contributed by atoms with E-state index in [0.717, 1.165) is 22.6 Å². The second kappa shape index (κ2) is 5.44. The van der Waals surface area contributed by atoms with Gasteiger partial charge in [0.2, 0.25) is 5.91 Å². The Bertz CT molecular complexity index is 601. The van der Waals surface area contributed by atoms with E-state index in [2.05, 4.69) is 20.6 Å². The normalized spacial score (nSPS) is 10.7. The summed E-state index contributed by atoms with van der Waals surface area (Å²) in [5.74, 6) is -0.108. The number of aromatic amines is 1. The highest BCUT2D eigenvalue weighted by Gasteiger charge is 2.12. The van der Waals surface area contributed by atoms with Gasteiger partial charge in [-0.25, -0.2) is 0 Å². The molecule has 0 radical (unpaired) electrons. The van der Waals surface area contributed by atoms with Crippen LogP contribution >= 0.6 is 11.6 Å². The van der Waals surface area contributed by atoms with Crippen LogP contribution in [0.4, 0.5) is 0 Å². The molecule has 0 saturated carbocycles. The highest BCUT2D eigenvalue weighted by atomic mass is 35.5. The summed E-state index contributed by atoms with van der Waals surface area (Å²) in [5, 5.41) is 14.4. The van der Waals surface area contributed by atoms with Crippen molar-refractivity contribution in [3.63, 3.8) is 0 Å². The predicted molar refractivity (Wildman–Crippen MR) is 71.9 cm³/mol. The molecule has 0 fully saturated rings. The third-order valence-corrected chi connectivity index (χ3v) is 3.54. The van der Waals surface area contributed by atoms with Crippen LogP contribution in [0.2, 0.25) is 5.02 Å². The summed E-state index contributed by atoms with van der Waals surface area (Å²) >= 11 is 6.03. The molecule has 0 aliphatic carbocycles. The summed E-state index contributed by atoms with van der Waals surface area (Å²) in [5.41, 5.74) is 3.46. The number of nitrogens with zero attached hydrogens (tertiary/aromatic N) is 3. The molecule has 2 aromatic heterocycles. The summed E-state index contributed by atoms with van der Waals surface area (Å²) in [6.45, 7) is 6.19. The van der Waals surface area contributed by atoms with E-state index in [0.29, 0.717) is 11.6 Å². The molecule has 2 aromatic rings. The van der Waals surface area contributed by atoms with Crippen molar-refractivity contribution in [1.82, 2.24) is 25.3 Å². The number of hydrogen-bond donors (Lipinski definition) is 2. The Balaban J connectivity index is 1.94. The quantitative estimate of drug-likeness (QED) is 0.892. The molecule has 2 rings (SSSR count). The molecular weight excluding hydrogens is 266 g/mol. The zero-order chi connectivity index (χ0) is 14.0. The Labute approximate surface area is 116 Å². The molecule has 0 spiro atoms. The molecule has 0 saturated heterocycles. The molecule has 2 heterocycles. The fourth-order valence-corrected chi connectivity index (χ4v) is 1.90. The maximum absolute atomic E-state index is 11.8. The van der Waals surface area contributed by atoms with E-state index >= 15 is 0 Å². The van der Waals surface area contributed by atoms with Gasteiger partial charge in [-0.05, 0) is 20.8 Å². The topological polar surface area (TPSA) is 75.6 Å². The van der Waals surface area contributed by atoms with Gasteiger partial charge in [0.05, 0.1) is 22.6 Å². The van der Waals surface area contributed by atoms with E-state index in [-0.39, 0.29) is 12.5 Å². The van der Waals surface area contributed by atoms with E-state index in [1.165, 1.54) is 0 Å². The van der Waals surface area contributed by atoms with Crippen molar-refractivity contribution >= 4 is 17.5 Å². The molecule has 2 N–H and O–H groups in total. The molecule has 0 aliphatic rings. The van der Waals surface area contributed by atoms with Gasteiger partial charge in [0.25, 0.3) is 0 Å². The molecular formula is C12H16ClN5O. The minimum absolute atomic E-state index is 0.108. The molecule has 1 amide bonds. The van der Waals surface area contributed by atoms with E-state index in [1.807, 2.05) is 20.8 Å². The summed E-state index contributed by atoms with van der Waals surface area (Å²) in [6, 6.07) is 0. The van der Waals surface area contributed by atoms with Crippen LogP contribution in [0.1, 0.15) is 22.6 Å². The van der Waals surface area contributed by atoms with Gasteiger partial charge in [0, 0.05) is 17.8 Å². The van der Waals surface area contributed by atoms with E-state index < -0.39 is 0 Å². The molecule has 0 bridgehead atoms. The van der Waals surface area contributed by atoms with Crippen LogP contribution in [-0.4, -0.2) is 25.9 Å². The lowest BCUT2D eigenvalue weighted by atomic mass is 10.2. The largest absolute Gasteiger partial charge is 0.350 e. The first-order valence-electron chi connectivity index (χ1n) is 5.94. The van der Waals surface area contributed by atoms with E-state index in [1.54, 1.807) is 10.9 Å². The molecule has 102 valence electrons. The smallest absolute Gasteiger partial charge is 0.242 e. The molecule has 6 nitrogen and oxygen atoms in total. The van der Waals surface area contributed by atoms with Crippen molar-refractivity contribution < 1.29 is 4.79 Å². The number of hydrogen-bond acceptors (Lipinski definition) is 3. The molecule has 0 aliphatic heterocycles. The first kappa shape index (κ1) is 13.6. The summed E-state index contributed by atoms with van der Waals surface area (Å²) < 4.78 is 1.61. The lowest BCUT2D eigenvalue weighted by Crippen LogP contribution is -2.28. The number of aryl methyl sites for hydroxylation is 2. The van der Waals surface area contributed by atoms with Crippen molar-refractivity contribution in [2.24, 2.45) is 0 Å². The van der Waals surface area contributed by atoms with Gasteiger partial charge in [0.15, 0.2) is 0 Å². The van der Waals surface area contributed by atoms with Crippen LogP contribution in [-0.2, 0) is 17.9 Å².